The second kappa shape index (κ2) is 10.3. The molecule has 1 atom stereocenters. The molecule has 150 valence electrons. The van der Waals surface area contributed by atoms with E-state index in [0.29, 0.717) is 26.1 Å². The molecule has 0 radical (unpaired) electrons. The molecule has 1 aromatic carbocycles. The number of amides is 2. The standard InChI is InChI=1S/C18H24F3N3O3/c1-2-7-24(10-15(25)22-9-12-4-3-8-27-12)11-16(26)23-14-6-5-13(19)17(20)18(14)21/h5-6,12H,2-4,7-11H2,1H3,(H,22,25)(H,23,26). The highest BCUT2D eigenvalue weighted by atomic mass is 19.2. The Kier molecular flexibility index (Phi) is 8.05. The number of benzene rings is 1. The van der Waals surface area contributed by atoms with Crippen molar-refractivity contribution in [3.63, 3.8) is 0 Å². The molecular weight excluding hydrogens is 363 g/mol. The summed E-state index contributed by atoms with van der Waals surface area (Å²) in [6.07, 6.45) is 2.60. The van der Waals surface area contributed by atoms with Gasteiger partial charge in [-0.25, -0.2) is 13.2 Å². The van der Waals surface area contributed by atoms with Crippen LogP contribution in [-0.2, 0) is 14.3 Å². The van der Waals surface area contributed by atoms with Crippen LogP contribution < -0.4 is 10.6 Å². The molecule has 1 aromatic rings. The molecule has 6 nitrogen and oxygen atoms in total. The lowest BCUT2D eigenvalue weighted by molar-refractivity contribution is -0.123. The normalized spacial score (nSPS) is 16.6. The Balaban J connectivity index is 1.85. The van der Waals surface area contributed by atoms with Gasteiger partial charge in [0.25, 0.3) is 0 Å². The van der Waals surface area contributed by atoms with Gasteiger partial charge in [0.2, 0.25) is 11.8 Å². The number of carbonyl (C=O) groups is 2. The zero-order valence-electron chi connectivity index (χ0n) is 15.2. The SMILES string of the molecule is CCCN(CC(=O)NCC1CCCO1)CC(=O)Nc1ccc(F)c(F)c1F. The van der Waals surface area contributed by atoms with E-state index in [-0.39, 0.29) is 25.1 Å². The number of nitrogens with zero attached hydrogens (tertiary/aromatic N) is 1. The molecule has 0 aromatic heterocycles. The maximum absolute atomic E-state index is 13.6. The van der Waals surface area contributed by atoms with E-state index < -0.39 is 29.0 Å². The van der Waals surface area contributed by atoms with Gasteiger partial charge in [0.15, 0.2) is 17.5 Å². The van der Waals surface area contributed by atoms with E-state index in [0.717, 1.165) is 25.0 Å². The zero-order chi connectivity index (χ0) is 19.8. The predicted octanol–water partition coefficient (Wildman–Crippen LogP) is 2.05. The van der Waals surface area contributed by atoms with E-state index in [4.69, 9.17) is 4.74 Å². The van der Waals surface area contributed by atoms with Crippen molar-refractivity contribution in [3.8, 4) is 0 Å². The molecule has 1 unspecified atom stereocenters. The van der Waals surface area contributed by atoms with Crippen molar-refractivity contribution in [2.45, 2.75) is 32.3 Å². The van der Waals surface area contributed by atoms with E-state index in [1.165, 1.54) is 0 Å². The average Bonchev–Trinajstić information content (AvgIpc) is 3.14. The number of hydrogen-bond donors (Lipinski definition) is 2. The second-order valence-electron chi connectivity index (χ2n) is 6.42. The van der Waals surface area contributed by atoms with Crippen LogP contribution in [0, 0.1) is 17.5 Å². The number of ether oxygens (including phenoxy) is 1. The van der Waals surface area contributed by atoms with Crippen LogP contribution in [0.3, 0.4) is 0 Å². The Morgan fingerprint density at radius 1 is 1.19 bits per heavy atom. The molecule has 0 bridgehead atoms. The number of halogens is 3. The van der Waals surface area contributed by atoms with Gasteiger partial charge in [0.1, 0.15) is 0 Å². The smallest absolute Gasteiger partial charge is 0.238 e. The van der Waals surface area contributed by atoms with Gasteiger partial charge in [0, 0.05) is 13.2 Å². The van der Waals surface area contributed by atoms with Crippen molar-refractivity contribution >= 4 is 17.5 Å². The largest absolute Gasteiger partial charge is 0.376 e. The van der Waals surface area contributed by atoms with Crippen LogP contribution in [0.4, 0.5) is 18.9 Å². The summed E-state index contributed by atoms with van der Waals surface area (Å²) in [7, 11) is 0. The van der Waals surface area contributed by atoms with Crippen LogP contribution in [-0.4, -0.2) is 55.6 Å². The van der Waals surface area contributed by atoms with Crippen molar-refractivity contribution in [1.29, 1.82) is 0 Å². The van der Waals surface area contributed by atoms with E-state index in [1.54, 1.807) is 4.90 Å². The minimum atomic E-state index is -1.65. The van der Waals surface area contributed by atoms with Gasteiger partial charge >= 0.3 is 0 Å². The Morgan fingerprint density at radius 3 is 2.59 bits per heavy atom. The van der Waals surface area contributed by atoms with Crippen LogP contribution in [0.25, 0.3) is 0 Å². The van der Waals surface area contributed by atoms with Gasteiger partial charge in [0.05, 0.1) is 24.9 Å². The number of rotatable bonds is 9. The first-order valence-electron chi connectivity index (χ1n) is 8.94. The topological polar surface area (TPSA) is 70.7 Å². The fraction of sp³-hybridized carbons (Fsp3) is 0.556. The third-order valence-corrected chi connectivity index (χ3v) is 4.13. The van der Waals surface area contributed by atoms with Gasteiger partial charge in [-0.1, -0.05) is 6.92 Å². The summed E-state index contributed by atoms with van der Waals surface area (Å²) in [6, 6.07) is 1.68. The van der Waals surface area contributed by atoms with Crippen LogP contribution >= 0.6 is 0 Å². The third kappa shape index (κ3) is 6.51. The van der Waals surface area contributed by atoms with Crippen LogP contribution in [0.5, 0.6) is 0 Å². The zero-order valence-corrected chi connectivity index (χ0v) is 15.2. The number of nitrogens with one attached hydrogen (secondary N) is 2. The van der Waals surface area contributed by atoms with Crippen LogP contribution in [0.2, 0.25) is 0 Å². The predicted molar refractivity (Wildman–Crippen MR) is 93.7 cm³/mol. The molecule has 0 aliphatic carbocycles. The maximum atomic E-state index is 13.6. The Labute approximate surface area is 156 Å². The maximum Gasteiger partial charge on any atom is 0.238 e. The average molecular weight is 387 g/mol. The highest BCUT2D eigenvalue weighted by Gasteiger charge is 2.20. The van der Waals surface area contributed by atoms with Gasteiger partial charge in [-0.2, -0.15) is 0 Å². The quantitative estimate of drug-likeness (QED) is 0.637. The summed E-state index contributed by atoms with van der Waals surface area (Å²) in [4.78, 5) is 25.8. The van der Waals surface area contributed by atoms with E-state index in [9.17, 15) is 22.8 Å². The molecule has 2 N–H and O–H groups in total. The monoisotopic (exact) mass is 387 g/mol. The molecule has 1 fully saturated rings. The molecule has 1 saturated heterocycles. The van der Waals surface area contributed by atoms with Crippen molar-refractivity contribution in [2.24, 2.45) is 0 Å². The van der Waals surface area contributed by atoms with Gasteiger partial charge < -0.3 is 15.4 Å². The Hall–Kier alpha value is -2.13. The summed E-state index contributed by atoms with van der Waals surface area (Å²) in [5.41, 5.74) is -0.446. The third-order valence-electron chi connectivity index (χ3n) is 4.13. The summed E-state index contributed by atoms with van der Waals surface area (Å²) in [6.45, 7) is 3.30. The molecule has 0 spiro atoms. The highest BCUT2D eigenvalue weighted by molar-refractivity contribution is 5.92. The molecule has 1 aliphatic rings. The van der Waals surface area contributed by atoms with Crippen LogP contribution in [0.1, 0.15) is 26.2 Å². The molecule has 1 heterocycles. The number of carbonyl (C=O) groups excluding carboxylic acids is 2. The lowest BCUT2D eigenvalue weighted by Gasteiger charge is -2.21. The van der Waals surface area contributed by atoms with Crippen molar-refractivity contribution in [3.05, 3.63) is 29.6 Å². The lowest BCUT2D eigenvalue weighted by atomic mass is 10.2. The first-order chi connectivity index (χ1) is 12.9. The molecule has 2 rings (SSSR count). The van der Waals surface area contributed by atoms with Crippen molar-refractivity contribution in [2.75, 3.05) is 38.1 Å². The van der Waals surface area contributed by atoms with Gasteiger partial charge in [-0.15, -0.1) is 0 Å². The van der Waals surface area contributed by atoms with Crippen molar-refractivity contribution < 1.29 is 27.5 Å². The van der Waals surface area contributed by atoms with Gasteiger partial charge in [-0.3, -0.25) is 14.5 Å². The van der Waals surface area contributed by atoms with Gasteiger partial charge in [-0.05, 0) is 37.9 Å². The summed E-state index contributed by atoms with van der Waals surface area (Å²) in [5.74, 6) is -5.31. The van der Waals surface area contributed by atoms with E-state index >= 15 is 0 Å². The molecule has 9 heteroatoms. The summed E-state index contributed by atoms with van der Waals surface area (Å²) < 4.78 is 45.3. The summed E-state index contributed by atoms with van der Waals surface area (Å²) >= 11 is 0. The van der Waals surface area contributed by atoms with Crippen molar-refractivity contribution in [1.82, 2.24) is 10.2 Å². The van der Waals surface area contributed by atoms with E-state index in [1.807, 2.05) is 6.92 Å². The first-order valence-corrected chi connectivity index (χ1v) is 8.94. The Bertz CT molecular complexity index is 667. The highest BCUT2D eigenvalue weighted by Crippen LogP contribution is 2.19. The minimum absolute atomic E-state index is 0.00571. The Morgan fingerprint density at radius 2 is 1.93 bits per heavy atom. The summed E-state index contributed by atoms with van der Waals surface area (Å²) in [5, 5.41) is 4.97. The van der Waals surface area contributed by atoms with E-state index in [2.05, 4.69) is 10.6 Å². The molecule has 2 amide bonds. The lowest BCUT2D eigenvalue weighted by Crippen LogP contribution is -2.43. The number of anilines is 1. The molecule has 27 heavy (non-hydrogen) atoms. The second-order valence-corrected chi connectivity index (χ2v) is 6.42. The molecule has 0 saturated carbocycles. The fourth-order valence-corrected chi connectivity index (χ4v) is 2.84. The first kappa shape index (κ1) is 21.2. The fourth-order valence-electron chi connectivity index (χ4n) is 2.84. The molecule has 1 aliphatic heterocycles. The minimum Gasteiger partial charge on any atom is -0.376 e. The number of hydrogen-bond acceptors (Lipinski definition) is 4. The molecular formula is C18H24F3N3O3. The van der Waals surface area contributed by atoms with Crippen LogP contribution in [0.15, 0.2) is 12.1 Å².